The Kier molecular flexibility index (Phi) is 6.86. The lowest BCUT2D eigenvalue weighted by Crippen LogP contribution is -2.50. The van der Waals surface area contributed by atoms with Crippen molar-refractivity contribution < 1.29 is 9.53 Å². The highest BCUT2D eigenvalue weighted by Crippen LogP contribution is 2.21. The Morgan fingerprint density at radius 2 is 2.23 bits per heavy atom. The lowest BCUT2D eigenvalue weighted by atomic mass is 10.0. The zero-order valence-corrected chi connectivity index (χ0v) is 14.4. The van der Waals surface area contributed by atoms with E-state index in [0.717, 1.165) is 45.6 Å². The van der Waals surface area contributed by atoms with E-state index in [1.54, 1.807) is 0 Å². The van der Waals surface area contributed by atoms with Gasteiger partial charge in [0.05, 0.1) is 19.3 Å². The highest BCUT2D eigenvalue weighted by atomic mass is 16.5. The molecular weight excluding hydrogens is 278 g/mol. The SMILES string of the molecule is CCN(C(=O)CN1CCO[C@@H](CN(C)C)C1)C1=CCCCC1. The number of morpholine rings is 1. The molecule has 1 amide bonds. The molecule has 1 aliphatic carbocycles. The van der Waals surface area contributed by atoms with Gasteiger partial charge in [-0.1, -0.05) is 6.08 Å². The third-order valence-electron chi connectivity index (χ3n) is 4.38. The normalized spacial score (nSPS) is 23.5. The maximum atomic E-state index is 12.7. The summed E-state index contributed by atoms with van der Waals surface area (Å²) >= 11 is 0. The topological polar surface area (TPSA) is 36.0 Å². The average Bonchev–Trinajstić information content (AvgIpc) is 2.48. The van der Waals surface area contributed by atoms with Crippen LogP contribution < -0.4 is 0 Å². The lowest BCUT2D eigenvalue weighted by Gasteiger charge is -2.35. The van der Waals surface area contributed by atoms with Gasteiger partial charge in [-0.15, -0.1) is 0 Å². The fraction of sp³-hybridized carbons (Fsp3) is 0.824. The summed E-state index contributed by atoms with van der Waals surface area (Å²) in [6, 6.07) is 0. The minimum Gasteiger partial charge on any atom is -0.374 e. The molecule has 22 heavy (non-hydrogen) atoms. The highest BCUT2D eigenvalue weighted by Gasteiger charge is 2.25. The molecule has 0 radical (unpaired) electrons. The molecule has 1 saturated heterocycles. The van der Waals surface area contributed by atoms with Crippen LogP contribution in [-0.4, -0.2) is 80.1 Å². The molecule has 0 unspecified atom stereocenters. The van der Waals surface area contributed by atoms with Gasteiger partial charge in [-0.2, -0.15) is 0 Å². The molecule has 1 heterocycles. The molecule has 1 aliphatic heterocycles. The molecule has 0 saturated carbocycles. The maximum Gasteiger partial charge on any atom is 0.240 e. The zero-order valence-electron chi connectivity index (χ0n) is 14.4. The van der Waals surface area contributed by atoms with Crippen molar-refractivity contribution in [1.82, 2.24) is 14.7 Å². The molecule has 0 aromatic heterocycles. The summed E-state index contributed by atoms with van der Waals surface area (Å²) in [6.45, 7) is 6.69. The van der Waals surface area contributed by atoms with Gasteiger partial charge in [-0.25, -0.2) is 0 Å². The number of nitrogens with zero attached hydrogens (tertiary/aromatic N) is 3. The molecule has 0 aromatic carbocycles. The summed E-state index contributed by atoms with van der Waals surface area (Å²) < 4.78 is 5.78. The number of ether oxygens (including phenoxy) is 1. The van der Waals surface area contributed by atoms with E-state index < -0.39 is 0 Å². The molecule has 5 nitrogen and oxygen atoms in total. The lowest BCUT2D eigenvalue weighted by molar-refractivity contribution is -0.132. The number of likely N-dealkylation sites (N-methyl/N-ethyl adjacent to an activating group) is 2. The van der Waals surface area contributed by atoms with Crippen LogP contribution in [0.4, 0.5) is 0 Å². The van der Waals surface area contributed by atoms with Crippen LogP contribution in [0, 0.1) is 0 Å². The number of allylic oxidation sites excluding steroid dienone is 2. The molecule has 0 aromatic rings. The Morgan fingerprint density at radius 3 is 2.86 bits per heavy atom. The molecule has 2 rings (SSSR count). The Balaban J connectivity index is 1.88. The van der Waals surface area contributed by atoms with E-state index in [1.165, 1.54) is 18.5 Å². The second kappa shape index (κ2) is 8.65. The van der Waals surface area contributed by atoms with Crippen LogP contribution in [0.3, 0.4) is 0 Å². The molecular formula is C17H31N3O2. The summed E-state index contributed by atoms with van der Waals surface area (Å²) in [6.07, 6.45) is 7.08. The third-order valence-corrected chi connectivity index (χ3v) is 4.38. The largest absolute Gasteiger partial charge is 0.374 e. The van der Waals surface area contributed by atoms with E-state index in [-0.39, 0.29) is 12.0 Å². The molecule has 126 valence electrons. The van der Waals surface area contributed by atoms with Gasteiger partial charge >= 0.3 is 0 Å². The summed E-state index contributed by atoms with van der Waals surface area (Å²) in [5.41, 5.74) is 1.23. The standard InChI is InChI=1S/C17H31N3O2/c1-4-20(15-8-6-5-7-9-15)17(21)14-19-10-11-22-16(13-19)12-18(2)3/h8,16H,4-7,9-14H2,1-3H3/t16-/m0/s1. The van der Waals surface area contributed by atoms with Gasteiger partial charge in [0.25, 0.3) is 0 Å². The molecule has 5 heteroatoms. The highest BCUT2D eigenvalue weighted by molar-refractivity contribution is 5.80. The summed E-state index contributed by atoms with van der Waals surface area (Å²) in [5.74, 6) is 0.237. The van der Waals surface area contributed by atoms with Gasteiger partial charge in [0, 0.05) is 31.9 Å². The quantitative estimate of drug-likeness (QED) is 0.746. The van der Waals surface area contributed by atoms with Crippen molar-refractivity contribution in [3.8, 4) is 0 Å². The molecule has 0 spiro atoms. The second-order valence-corrected chi connectivity index (χ2v) is 6.57. The van der Waals surface area contributed by atoms with Crippen LogP contribution in [0.2, 0.25) is 0 Å². The number of hydrogen-bond acceptors (Lipinski definition) is 4. The van der Waals surface area contributed by atoms with Gasteiger partial charge in [0.1, 0.15) is 0 Å². The van der Waals surface area contributed by atoms with Crippen LogP contribution in [-0.2, 0) is 9.53 Å². The number of carbonyl (C=O) groups excluding carboxylic acids is 1. The van der Waals surface area contributed by atoms with Gasteiger partial charge in [-0.05, 0) is 46.7 Å². The predicted octanol–water partition coefficient (Wildman–Crippen LogP) is 1.56. The van der Waals surface area contributed by atoms with Gasteiger partial charge in [0.2, 0.25) is 5.91 Å². The van der Waals surface area contributed by atoms with E-state index in [0.29, 0.717) is 6.54 Å². The first-order valence-electron chi connectivity index (χ1n) is 8.58. The van der Waals surface area contributed by atoms with E-state index in [4.69, 9.17) is 4.74 Å². The first kappa shape index (κ1) is 17.4. The third kappa shape index (κ3) is 5.07. The van der Waals surface area contributed by atoms with Crippen molar-refractivity contribution in [2.45, 2.75) is 38.7 Å². The van der Waals surface area contributed by atoms with Crippen molar-refractivity contribution in [2.75, 3.05) is 53.4 Å². The van der Waals surface area contributed by atoms with E-state index in [1.807, 2.05) is 4.90 Å². The molecule has 0 bridgehead atoms. The van der Waals surface area contributed by atoms with Crippen LogP contribution in [0.5, 0.6) is 0 Å². The Morgan fingerprint density at radius 1 is 1.41 bits per heavy atom. The predicted molar refractivity (Wildman–Crippen MR) is 88.7 cm³/mol. The van der Waals surface area contributed by atoms with Gasteiger partial charge in [0.15, 0.2) is 0 Å². The maximum absolute atomic E-state index is 12.7. The minimum atomic E-state index is 0.209. The average molecular weight is 309 g/mol. The molecule has 1 fully saturated rings. The van der Waals surface area contributed by atoms with Crippen molar-refractivity contribution in [3.05, 3.63) is 11.8 Å². The Labute approximate surface area is 134 Å². The number of rotatable bonds is 6. The smallest absolute Gasteiger partial charge is 0.240 e. The zero-order chi connectivity index (χ0) is 15.9. The summed E-state index contributed by atoms with van der Waals surface area (Å²) in [7, 11) is 4.11. The van der Waals surface area contributed by atoms with Crippen molar-refractivity contribution in [3.63, 3.8) is 0 Å². The monoisotopic (exact) mass is 309 g/mol. The molecule has 1 atom stereocenters. The van der Waals surface area contributed by atoms with Crippen LogP contribution in [0.25, 0.3) is 0 Å². The number of hydrogen-bond donors (Lipinski definition) is 0. The molecule has 2 aliphatic rings. The second-order valence-electron chi connectivity index (χ2n) is 6.57. The minimum absolute atomic E-state index is 0.209. The summed E-state index contributed by atoms with van der Waals surface area (Å²) in [5, 5.41) is 0. The molecule has 0 N–H and O–H groups in total. The van der Waals surface area contributed by atoms with Crippen molar-refractivity contribution >= 4 is 5.91 Å². The Bertz CT molecular complexity index is 395. The van der Waals surface area contributed by atoms with E-state index in [2.05, 4.69) is 36.9 Å². The van der Waals surface area contributed by atoms with Gasteiger partial charge < -0.3 is 14.5 Å². The first-order valence-corrected chi connectivity index (χ1v) is 8.58. The van der Waals surface area contributed by atoms with Gasteiger partial charge in [-0.3, -0.25) is 9.69 Å². The first-order chi connectivity index (χ1) is 10.6. The van der Waals surface area contributed by atoms with Crippen LogP contribution in [0.15, 0.2) is 11.8 Å². The number of amides is 1. The number of carbonyl (C=O) groups is 1. The van der Waals surface area contributed by atoms with E-state index in [9.17, 15) is 4.79 Å². The fourth-order valence-electron chi connectivity index (χ4n) is 3.32. The Hall–Kier alpha value is -0.910. The van der Waals surface area contributed by atoms with E-state index >= 15 is 0 Å². The van der Waals surface area contributed by atoms with Crippen LogP contribution in [0.1, 0.15) is 32.6 Å². The summed E-state index contributed by atoms with van der Waals surface area (Å²) in [4.78, 5) is 19.0. The van der Waals surface area contributed by atoms with Crippen molar-refractivity contribution in [1.29, 1.82) is 0 Å². The van der Waals surface area contributed by atoms with Crippen LogP contribution >= 0.6 is 0 Å². The fourth-order valence-corrected chi connectivity index (χ4v) is 3.32. The van der Waals surface area contributed by atoms with Crippen molar-refractivity contribution in [2.24, 2.45) is 0 Å².